The molecule has 1 aliphatic rings. The van der Waals surface area contributed by atoms with E-state index in [2.05, 4.69) is 12.1 Å². The van der Waals surface area contributed by atoms with E-state index in [4.69, 9.17) is 21.1 Å². The molecular weight excluding hydrogens is 534 g/mol. The molecule has 1 saturated heterocycles. The number of thiophene rings is 1. The van der Waals surface area contributed by atoms with Gasteiger partial charge >= 0.3 is 6.09 Å². The van der Waals surface area contributed by atoms with Crippen LogP contribution in [0, 0.1) is 25.7 Å². The normalized spacial score (nSPS) is 17.2. The lowest BCUT2D eigenvalue weighted by molar-refractivity contribution is -0.129. The second kappa shape index (κ2) is 11.9. The number of ether oxygens (including phenoxy) is 2. The third kappa shape index (κ3) is 6.89. The molecule has 8 heteroatoms. The first-order chi connectivity index (χ1) is 18.4. The van der Waals surface area contributed by atoms with Crippen LogP contribution >= 0.6 is 22.9 Å². The zero-order valence-corrected chi connectivity index (χ0v) is 24.5. The van der Waals surface area contributed by atoms with Crippen molar-refractivity contribution >= 4 is 40.6 Å². The fraction of sp³-hybridized carbons (Fsp3) is 0.387. The van der Waals surface area contributed by atoms with Crippen LogP contribution in [0.2, 0.25) is 4.34 Å². The van der Waals surface area contributed by atoms with Gasteiger partial charge in [-0.3, -0.25) is 9.59 Å². The summed E-state index contributed by atoms with van der Waals surface area (Å²) in [5.41, 5.74) is 2.13. The summed E-state index contributed by atoms with van der Waals surface area (Å²) in [5.74, 6) is 0.788. The van der Waals surface area contributed by atoms with Crippen molar-refractivity contribution in [1.29, 1.82) is 0 Å². The van der Waals surface area contributed by atoms with E-state index in [1.165, 1.54) is 18.3 Å². The van der Waals surface area contributed by atoms with E-state index in [-0.39, 0.29) is 23.4 Å². The number of benzene rings is 2. The fourth-order valence-corrected chi connectivity index (χ4v) is 5.96. The molecule has 1 aliphatic heterocycles. The van der Waals surface area contributed by atoms with Crippen LogP contribution in [0.5, 0.6) is 11.5 Å². The molecule has 1 fully saturated rings. The third-order valence-corrected chi connectivity index (χ3v) is 8.58. The largest absolute Gasteiger partial charge is 0.480 e. The molecule has 6 nitrogen and oxygen atoms in total. The fourth-order valence-electron chi connectivity index (χ4n) is 4.92. The maximum atomic E-state index is 13.5. The average molecular weight is 568 g/mol. The molecule has 0 N–H and O–H groups in total. The van der Waals surface area contributed by atoms with E-state index in [0.717, 1.165) is 35.3 Å². The summed E-state index contributed by atoms with van der Waals surface area (Å²) in [7, 11) is 0. The molecule has 2 atom stereocenters. The van der Waals surface area contributed by atoms with E-state index in [0.29, 0.717) is 28.1 Å². The first kappa shape index (κ1) is 28.8. The van der Waals surface area contributed by atoms with Crippen LogP contribution in [0.25, 0.3) is 0 Å². The van der Waals surface area contributed by atoms with Gasteiger partial charge in [-0.15, -0.1) is 11.3 Å². The molecule has 39 heavy (non-hydrogen) atoms. The summed E-state index contributed by atoms with van der Waals surface area (Å²) < 4.78 is 12.2. The molecule has 0 spiro atoms. The number of carbonyl (C=O) groups excluding carboxylic acids is 3. The summed E-state index contributed by atoms with van der Waals surface area (Å²) in [5, 5.41) is 0. The lowest BCUT2D eigenvalue weighted by Crippen LogP contribution is -2.36. The van der Waals surface area contributed by atoms with E-state index >= 15 is 0 Å². The molecular formula is C31H34ClNO5S. The minimum Gasteiger partial charge on any atom is -0.480 e. The molecule has 4 rings (SSSR count). The Morgan fingerprint density at radius 2 is 1.69 bits per heavy atom. The number of hydrogen-bond donors (Lipinski definition) is 0. The van der Waals surface area contributed by atoms with Gasteiger partial charge in [0, 0.05) is 19.0 Å². The number of likely N-dealkylation sites (tertiary alicyclic amines) is 1. The SMILES string of the molecule is CC(=O)C(C)(C)Oc1c(C)cc(CC[C@@H]2CN(C(=O)Oc3ccccc3)C[C@H]2C(=O)c2ccc(Cl)s2)cc1C. The van der Waals surface area contributed by atoms with Crippen molar-refractivity contribution in [2.45, 2.75) is 53.1 Å². The van der Waals surface area contributed by atoms with Gasteiger partial charge in [-0.05, 0) is 94.3 Å². The Balaban J connectivity index is 1.50. The average Bonchev–Trinajstić information content (AvgIpc) is 3.52. The van der Waals surface area contributed by atoms with Gasteiger partial charge in [0.1, 0.15) is 11.5 Å². The predicted molar refractivity (Wildman–Crippen MR) is 154 cm³/mol. The van der Waals surface area contributed by atoms with Crippen molar-refractivity contribution in [2.24, 2.45) is 11.8 Å². The minimum absolute atomic E-state index is 0.00878. The molecule has 2 aromatic carbocycles. The lowest BCUT2D eigenvalue weighted by atomic mass is 9.86. The van der Waals surface area contributed by atoms with Gasteiger partial charge in [0.05, 0.1) is 9.21 Å². The smallest absolute Gasteiger partial charge is 0.415 e. The van der Waals surface area contributed by atoms with E-state index in [1.54, 1.807) is 43.0 Å². The van der Waals surface area contributed by atoms with Crippen LogP contribution in [0.1, 0.15) is 53.6 Å². The number of halogens is 1. The summed E-state index contributed by atoms with van der Waals surface area (Å²) >= 11 is 7.38. The zero-order valence-electron chi connectivity index (χ0n) is 23.0. The molecule has 0 bridgehead atoms. The Hall–Kier alpha value is -3.16. The van der Waals surface area contributed by atoms with Gasteiger partial charge in [0.2, 0.25) is 0 Å². The highest BCUT2D eigenvalue weighted by molar-refractivity contribution is 7.18. The second-order valence-corrected chi connectivity index (χ2v) is 12.4. The number of ketones is 2. The Labute approximate surface area is 238 Å². The van der Waals surface area contributed by atoms with E-state index in [9.17, 15) is 14.4 Å². The molecule has 0 saturated carbocycles. The minimum atomic E-state index is -0.906. The number of Topliss-reactive ketones (excluding diaryl/α,β-unsaturated/α-hetero) is 2. The number of aryl methyl sites for hydroxylation is 3. The molecule has 0 unspecified atom stereocenters. The molecule has 206 valence electrons. The Kier molecular flexibility index (Phi) is 8.82. The molecule has 0 aliphatic carbocycles. The quantitative estimate of drug-likeness (QED) is 0.253. The number of amides is 1. The number of carbonyl (C=O) groups is 3. The van der Waals surface area contributed by atoms with Crippen molar-refractivity contribution in [3.05, 3.63) is 80.5 Å². The maximum Gasteiger partial charge on any atom is 0.415 e. The number of para-hydroxylation sites is 1. The van der Waals surface area contributed by atoms with Gasteiger partial charge < -0.3 is 14.4 Å². The van der Waals surface area contributed by atoms with Gasteiger partial charge in [0.25, 0.3) is 0 Å². The van der Waals surface area contributed by atoms with Crippen LogP contribution in [-0.4, -0.2) is 41.3 Å². The third-order valence-electron chi connectivity index (χ3n) is 7.33. The summed E-state index contributed by atoms with van der Waals surface area (Å²) in [6.45, 7) is 9.77. The van der Waals surface area contributed by atoms with Crippen LogP contribution in [0.4, 0.5) is 4.79 Å². The maximum absolute atomic E-state index is 13.5. The highest BCUT2D eigenvalue weighted by atomic mass is 35.5. The topological polar surface area (TPSA) is 72.9 Å². The molecule has 0 radical (unpaired) electrons. The van der Waals surface area contributed by atoms with Gasteiger partial charge in [-0.25, -0.2) is 4.79 Å². The number of rotatable bonds is 9. The van der Waals surface area contributed by atoms with E-state index in [1.807, 2.05) is 32.0 Å². The standard InChI is InChI=1S/C31H34ClNO5S/c1-19-15-22(16-20(2)29(19)38-31(4,5)21(3)34)11-12-23-17-33(30(36)37-24-9-7-6-8-10-24)18-25(23)28(35)26-13-14-27(32)39-26/h6-10,13-16,23,25H,11-12,17-18H2,1-5H3/t23-,25-/m1/s1. The van der Waals surface area contributed by atoms with Gasteiger partial charge in [-0.2, -0.15) is 0 Å². The molecule has 2 heterocycles. The molecule has 1 aromatic heterocycles. The monoisotopic (exact) mass is 567 g/mol. The van der Waals surface area contributed by atoms with Crippen molar-refractivity contribution in [3.63, 3.8) is 0 Å². The van der Waals surface area contributed by atoms with Gasteiger partial charge in [0.15, 0.2) is 17.2 Å². The van der Waals surface area contributed by atoms with Crippen LogP contribution < -0.4 is 9.47 Å². The van der Waals surface area contributed by atoms with Crippen molar-refractivity contribution < 1.29 is 23.9 Å². The highest BCUT2D eigenvalue weighted by Gasteiger charge is 2.40. The lowest BCUT2D eigenvalue weighted by Gasteiger charge is -2.26. The summed E-state index contributed by atoms with van der Waals surface area (Å²) in [6.07, 6.45) is 1.01. The Morgan fingerprint density at radius 3 is 2.28 bits per heavy atom. The first-order valence-corrected chi connectivity index (χ1v) is 14.3. The number of hydrogen-bond acceptors (Lipinski definition) is 6. The summed E-state index contributed by atoms with van der Waals surface area (Å²) in [4.78, 5) is 40.7. The van der Waals surface area contributed by atoms with Crippen molar-refractivity contribution in [1.82, 2.24) is 4.90 Å². The van der Waals surface area contributed by atoms with Crippen molar-refractivity contribution in [3.8, 4) is 11.5 Å². The Morgan fingerprint density at radius 1 is 1.03 bits per heavy atom. The second-order valence-electron chi connectivity index (χ2n) is 10.7. The first-order valence-electron chi connectivity index (χ1n) is 13.1. The van der Waals surface area contributed by atoms with Crippen molar-refractivity contribution in [2.75, 3.05) is 13.1 Å². The zero-order chi connectivity index (χ0) is 28.3. The molecule has 3 aromatic rings. The van der Waals surface area contributed by atoms with Crippen LogP contribution in [-0.2, 0) is 11.2 Å². The summed E-state index contributed by atoms with van der Waals surface area (Å²) in [6, 6.07) is 16.6. The van der Waals surface area contributed by atoms with Crippen LogP contribution in [0.15, 0.2) is 54.6 Å². The van der Waals surface area contributed by atoms with Gasteiger partial charge in [-0.1, -0.05) is 41.9 Å². The number of nitrogens with zero attached hydrogens (tertiary/aromatic N) is 1. The Bertz CT molecular complexity index is 1340. The van der Waals surface area contributed by atoms with Crippen LogP contribution in [0.3, 0.4) is 0 Å². The molecule has 1 amide bonds. The van der Waals surface area contributed by atoms with E-state index < -0.39 is 11.7 Å². The predicted octanol–water partition coefficient (Wildman–Crippen LogP) is 7.33. The highest BCUT2D eigenvalue weighted by Crippen LogP contribution is 2.35.